The summed E-state index contributed by atoms with van der Waals surface area (Å²) >= 11 is 0. The van der Waals surface area contributed by atoms with Crippen LogP contribution in [0.1, 0.15) is 24.5 Å². The van der Waals surface area contributed by atoms with E-state index >= 15 is 0 Å². The first kappa shape index (κ1) is 18.6. The predicted octanol–water partition coefficient (Wildman–Crippen LogP) is 2.85. The third-order valence-corrected chi connectivity index (χ3v) is 4.02. The number of hydrogen-bond acceptors (Lipinski definition) is 4. The fraction of sp³-hybridized carbons (Fsp3) is 0.350. The van der Waals surface area contributed by atoms with E-state index in [9.17, 15) is 9.59 Å². The van der Waals surface area contributed by atoms with Crippen molar-refractivity contribution in [2.45, 2.75) is 26.3 Å². The number of rotatable bonds is 8. The van der Waals surface area contributed by atoms with Gasteiger partial charge in [-0.15, -0.1) is 0 Å². The average Bonchev–Trinajstić information content (AvgIpc) is 2.66. The van der Waals surface area contributed by atoms with Gasteiger partial charge in [-0.2, -0.15) is 0 Å². The summed E-state index contributed by atoms with van der Waals surface area (Å²) in [6.45, 7) is 2.60. The molecule has 0 aliphatic heterocycles. The van der Waals surface area contributed by atoms with Gasteiger partial charge in [0.15, 0.2) is 0 Å². The third kappa shape index (κ3) is 6.03. The minimum atomic E-state index is -0.365. The average molecular weight is 340 g/mol. The van der Waals surface area contributed by atoms with Crippen molar-refractivity contribution in [2.24, 2.45) is 5.92 Å². The summed E-state index contributed by atoms with van der Waals surface area (Å²) in [5, 5.41) is 0. The van der Waals surface area contributed by atoms with Gasteiger partial charge in [0.1, 0.15) is 0 Å². The lowest BCUT2D eigenvalue weighted by molar-refractivity contribution is -0.146. The second kappa shape index (κ2) is 9.57. The van der Waals surface area contributed by atoms with E-state index in [0.717, 1.165) is 11.1 Å². The van der Waals surface area contributed by atoms with Crippen LogP contribution in [0, 0.1) is 5.92 Å². The minimum Gasteiger partial charge on any atom is -0.469 e. The molecule has 1 heterocycles. The molecule has 5 nitrogen and oxygen atoms in total. The van der Waals surface area contributed by atoms with E-state index in [1.165, 1.54) is 7.11 Å². The molecule has 5 heteroatoms. The molecule has 2 aromatic rings. The highest BCUT2D eigenvalue weighted by molar-refractivity contribution is 5.78. The molecule has 1 aromatic carbocycles. The Labute approximate surface area is 148 Å². The molecule has 0 spiro atoms. The number of carbonyl (C=O) groups excluding carboxylic acids is 2. The summed E-state index contributed by atoms with van der Waals surface area (Å²) in [6, 6.07) is 13.6. The molecule has 0 unspecified atom stereocenters. The molecule has 132 valence electrons. The van der Waals surface area contributed by atoms with Crippen molar-refractivity contribution in [1.82, 2.24) is 9.88 Å². The Morgan fingerprint density at radius 3 is 2.48 bits per heavy atom. The predicted molar refractivity (Wildman–Crippen MR) is 95.6 cm³/mol. The van der Waals surface area contributed by atoms with Crippen LogP contribution in [-0.4, -0.2) is 35.4 Å². The van der Waals surface area contributed by atoms with Crippen molar-refractivity contribution in [2.75, 3.05) is 13.7 Å². The van der Waals surface area contributed by atoms with Crippen molar-refractivity contribution in [3.05, 3.63) is 66.0 Å². The summed E-state index contributed by atoms with van der Waals surface area (Å²) in [5.41, 5.74) is 2.06. The Balaban J connectivity index is 2.03. The number of methoxy groups -OCH3 is 1. The zero-order valence-corrected chi connectivity index (χ0v) is 14.7. The Hall–Kier alpha value is -2.69. The van der Waals surface area contributed by atoms with E-state index in [-0.39, 0.29) is 17.8 Å². The quantitative estimate of drug-likeness (QED) is 0.693. The second-order valence-corrected chi connectivity index (χ2v) is 6.05. The number of carbonyl (C=O) groups is 2. The number of ether oxygens (including phenoxy) is 1. The summed E-state index contributed by atoms with van der Waals surface area (Å²) in [6.07, 6.45) is 4.49. The molecule has 25 heavy (non-hydrogen) atoms. The largest absolute Gasteiger partial charge is 0.469 e. The van der Waals surface area contributed by atoms with Crippen LogP contribution < -0.4 is 0 Å². The summed E-state index contributed by atoms with van der Waals surface area (Å²) in [4.78, 5) is 30.3. The van der Waals surface area contributed by atoms with Crippen LogP contribution in [0.5, 0.6) is 0 Å². The van der Waals surface area contributed by atoms with E-state index < -0.39 is 0 Å². The van der Waals surface area contributed by atoms with Gasteiger partial charge in [-0.25, -0.2) is 0 Å². The highest BCUT2D eigenvalue weighted by Crippen LogP contribution is 2.12. The van der Waals surface area contributed by atoms with Crippen molar-refractivity contribution >= 4 is 11.9 Å². The third-order valence-electron chi connectivity index (χ3n) is 4.02. The van der Waals surface area contributed by atoms with Crippen LogP contribution in [0.15, 0.2) is 54.9 Å². The SMILES string of the molecule is COC(=O)[C@H](C)CN(Cc1ccccc1)C(=O)CCc1cccnc1. The van der Waals surface area contributed by atoms with E-state index in [4.69, 9.17) is 4.74 Å². The fourth-order valence-electron chi connectivity index (χ4n) is 2.62. The zero-order chi connectivity index (χ0) is 18.1. The van der Waals surface area contributed by atoms with Gasteiger partial charge in [-0.1, -0.05) is 43.3 Å². The summed E-state index contributed by atoms with van der Waals surface area (Å²) in [5.74, 6) is -0.655. The van der Waals surface area contributed by atoms with Gasteiger partial charge in [0, 0.05) is 31.9 Å². The molecule has 0 saturated carbocycles. The number of nitrogens with zero attached hydrogens (tertiary/aromatic N) is 2. The lowest BCUT2D eigenvalue weighted by atomic mass is 10.1. The second-order valence-electron chi connectivity index (χ2n) is 6.05. The molecule has 1 atom stereocenters. The van der Waals surface area contributed by atoms with Crippen LogP contribution in [0.25, 0.3) is 0 Å². The Morgan fingerprint density at radius 2 is 1.84 bits per heavy atom. The van der Waals surface area contributed by atoms with E-state index in [1.54, 1.807) is 24.2 Å². The van der Waals surface area contributed by atoms with Gasteiger partial charge >= 0.3 is 5.97 Å². The first-order valence-electron chi connectivity index (χ1n) is 8.38. The maximum atomic E-state index is 12.7. The number of amides is 1. The number of aromatic nitrogens is 1. The number of hydrogen-bond donors (Lipinski definition) is 0. The Morgan fingerprint density at radius 1 is 1.12 bits per heavy atom. The number of pyridine rings is 1. The van der Waals surface area contributed by atoms with Crippen molar-refractivity contribution in [3.63, 3.8) is 0 Å². The van der Waals surface area contributed by atoms with Gasteiger partial charge in [-0.05, 0) is 23.6 Å². The van der Waals surface area contributed by atoms with Crippen LogP contribution in [0.2, 0.25) is 0 Å². The Bertz CT molecular complexity index is 674. The molecule has 0 saturated heterocycles. The molecular weight excluding hydrogens is 316 g/mol. The van der Waals surface area contributed by atoms with Crippen molar-refractivity contribution in [3.8, 4) is 0 Å². The standard InChI is InChI=1S/C20H24N2O3/c1-16(20(24)25-2)14-22(15-18-7-4-3-5-8-18)19(23)11-10-17-9-6-12-21-13-17/h3-9,12-13,16H,10-11,14-15H2,1-2H3/t16-/m1/s1. The Kier molecular flexibility index (Phi) is 7.14. The normalized spacial score (nSPS) is 11.6. The lowest BCUT2D eigenvalue weighted by Gasteiger charge is -2.25. The number of benzene rings is 1. The summed E-state index contributed by atoms with van der Waals surface area (Å²) < 4.78 is 4.79. The minimum absolute atomic E-state index is 0.0171. The zero-order valence-electron chi connectivity index (χ0n) is 14.7. The topological polar surface area (TPSA) is 59.5 Å². The van der Waals surface area contributed by atoms with Gasteiger partial charge in [0.2, 0.25) is 5.91 Å². The van der Waals surface area contributed by atoms with E-state index in [2.05, 4.69) is 4.98 Å². The molecule has 0 fully saturated rings. The highest BCUT2D eigenvalue weighted by atomic mass is 16.5. The van der Waals surface area contributed by atoms with Gasteiger partial charge in [0.25, 0.3) is 0 Å². The maximum absolute atomic E-state index is 12.7. The van der Waals surface area contributed by atoms with Gasteiger partial charge < -0.3 is 9.64 Å². The molecule has 2 rings (SSSR count). The summed E-state index contributed by atoms with van der Waals surface area (Å²) in [7, 11) is 1.37. The molecule has 1 aromatic heterocycles. The van der Waals surface area contributed by atoms with Gasteiger partial charge in [0.05, 0.1) is 13.0 Å². The van der Waals surface area contributed by atoms with Crippen LogP contribution in [0.3, 0.4) is 0 Å². The fourth-order valence-corrected chi connectivity index (χ4v) is 2.62. The van der Waals surface area contributed by atoms with Crippen molar-refractivity contribution < 1.29 is 14.3 Å². The van der Waals surface area contributed by atoms with Crippen LogP contribution in [0.4, 0.5) is 0 Å². The molecule has 0 radical (unpaired) electrons. The van der Waals surface area contributed by atoms with E-state index in [1.807, 2.05) is 42.5 Å². The number of esters is 1. The van der Waals surface area contributed by atoms with Crippen LogP contribution >= 0.6 is 0 Å². The van der Waals surface area contributed by atoms with Gasteiger partial charge in [-0.3, -0.25) is 14.6 Å². The number of aryl methyl sites for hydroxylation is 1. The molecule has 0 N–H and O–H groups in total. The van der Waals surface area contributed by atoms with Crippen molar-refractivity contribution in [1.29, 1.82) is 0 Å². The lowest BCUT2D eigenvalue weighted by Crippen LogP contribution is -2.37. The highest BCUT2D eigenvalue weighted by Gasteiger charge is 2.21. The monoisotopic (exact) mass is 340 g/mol. The van der Waals surface area contributed by atoms with Crippen LogP contribution in [-0.2, 0) is 27.3 Å². The molecule has 0 bridgehead atoms. The molecule has 0 aliphatic carbocycles. The first-order chi connectivity index (χ1) is 12.1. The van der Waals surface area contributed by atoms with E-state index in [0.29, 0.717) is 25.9 Å². The smallest absolute Gasteiger partial charge is 0.310 e. The molecular formula is C20H24N2O3. The molecule has 1 amide bonds. The maximum Gasteiger partial charge on any atom is 0.310 e. The molecule has 0 aliphatic rings. The first-order valence-corrected chi connectivity index (χ1v) is 8.38.